The van der Waals surface area contributed by atoms with Crippen molar-refractivity contribution in [1.82, 2.24) is 0 Å². The number of rotatable bonds is 3. The molecule has 0 saturated carbocycles. The van der Waals surface area contributed by atoms with Crippen LogP contribution in [-0.4, -0.2) is 12.2 Å². The molecule has 0 heterocycles. The summed E-state index contributed by atoms with van der Waals surface area (Å²) in [5.74, 6) is 0.828. The number of phenolic OH excluding ortho intramolecular Hbond substituents is 1. The van der Waals surface area contributed by atoms with Gasteiger partial charge < -0.3 is 15.6 Å². The molecule has 3 N–H and O–H groups in total. The average molecular weight is 195 g/mol. The Balaban J connectivity index is 3.12. The predicted molar refractivity (Wildman–Crippen MR) is 56.5 cm³/mol. The topological polar surface area (TPSA) is 55.5 Å². The van der Waals surface area contributed by atoms with Gasteiger partial charge in [-0.15, -0.1) is 0 Å². The Morgan fingerprint density at radius 3 is 2.57 bits per heavy atom. The maximum absolute atomic E-state index is 9.73. The van der Waals surface area contributed by atoms with Gasteiger partial charge in [0.15, 0.2) is 0 Å². The molecule has 0 aliphatic rings. The third kappa shape index (κ3) is 1.99. The first-order chi connectivity index (χ1) is 6.51. The standard InChI is InChI=1S/C11H17NO2/c1-4-11(2,12)9-6-5-8(14-3)7-10(9)13/h5-7,13H,4,12H2,1-3H3/t11-/m1/s1. The number of methoxy groups -OCH3 is 1. The minimum absolute atomic E-state index is 0.191. The van der Waals surface area contributed by atoms with E-state index in [1.54, 1.807) is 25.3 Å². The van der Waals surface area contributed by atoms with Crippen LogP contribution in [0.15, 0.2) is 18.2 Å². The quantitative estimate of drug-likeness (QED) is 0.775. The largest absolute Gasteiger partial charge is 0.507 e. The van der Waals surface area contributed by atoms with Crippen LogP contribution in [0.2, 0.25) is 0 Å². The van der Waals surface area contributed by atoms with E-state index >= 15 is 0 Å². The summed E-state index contributed by atoms with van der Waals surface area (Å²) in [6, 6.07) is 5.18. The Morgan fingerprint density at radius 2 is 2.14 bits per heavy atom. The zero-order valence-corrected chi connectivity index (χ0v) is 8.87. The second kappa shape index (κ2) is 3.88. The third-order valence-corrected chi connectivity index (χ3v) is 2.55. The lowest BCUT2D eigenvalue weighted by Gasteiger charge is -2.24. The van der Waals surface area contributed by atoms with E-state index in [4.69, 9.17) is 10.5 Å². The Kier molecular flexibility index (Phi) is 3.01. The van der Waals surface area contributed by atoms with E-state index in [9.17, 15) is 5.11 Å². The number of benzene rings is 1. The van der Waals surface area contributed by atoms with Gasteiger partial charge in [0, 0.05) is 17.2 Å². The van der Waals surface area contributed by atoms with Gasteiger partial charge in [-0.05, 0) is 25.5 Å². The fraction of sp³-hybridized carbons (Fsp3) is 0.455. The van der Waals surface area contributed by atoms with Gasteiger partial charge >= 0.3 is 0 Å². The molecule has 0 aromatic heterocycles. The molecule has 0 fully saturated rings. The van der Waals surface area contributed by atoms with Gasteiger partial charge in [-0.25, -0.2) is 0 Å². The molecule has 1 aromatic carbocycles. The van der Waals surface area contributed by atoms with E-state index < -0.39 is 5.54 Å². The van der Waals surface area contributed by atoms with Gasteiger partial charge in [0.2, 0.25) is 0 Å². The smallest absolute Gasteiger partial charge is 0.124 e. The maximum Gasteiger partial charge on any atom is 0.124 e. The molecule has 0 spiro atoms. The average Bonchev–Trinajstić information content (AvgIpc) is 2.17. The van der Waals surface area contributed by atoms with E-state index in [1.165, 1.54) is 0 Å². The highest BCUT2D eigenvalue weighted by molar-refractivity contribution is 5.43. The molecule has 78 valence electrons. The number of phenols is 1. The minimum atomic E-state index is -0.490. The predicted octanol–water partition coefficient (Wildman–Crippen LogP) is 1.98. The lowest BCUT2D eigenvalue weighted by molar-refractivity contribution is 0.394. The van der Waals surface area contributed by atoms with Crippen molar-refractivity contribution in [2.24, 2.45) is 5.73 Å². The van der Waals surface area contributed by atoms with Crippen LogP contribution in [0.3, 0.4) is 0 Å². The van der Waals surface area contributed by atoms with Crippen molar-refractivity contribution in [3.63, 3.8) is 0 Å². The van der Waals surface area contributed by atoms with Crippen molar-refractivity contribution >= 4 is 0 Å². The second-order valence-corrected chi connectivity index (χ2v) is 3.65. The Bertz CT molecular complexity index is 321. The van der Waals surface area contributed by atoms with Gasteiger partial charge in [0.25, 0.3) is 0 Å². The van der Waals surface area contributed by atoms with Crippen molar-refractivity contribution in [2.45, 2.75) is 25.8 Å². The molecule has 1 aromatic rings. The van der Waals surface area contributed by atoms with Crippen molar-refractivity contribution in [3.8, 4) is 11.5 Å². The minimum Gasteiger partial charge on any atom is -0.507 e. The van der Waals surface area contributed by atoms with E-state index in [0.29, 0.717) is 5.75 Å². The van der Waals surface area contributed by atoms with Crippen LogP contribution in [-0.2, 0) is 5.54 Å². The van der Waals surface area contributed by atoms with Crippen molar-refractivity contribution in [2.75, 3.05) is 7.11 Å². The molecule has 3 heteroatoms. The molecular formula is C11H17NO2. The molecule has 1 rings (SSSR count). The summed E-state index contributed by atoms with van der Waals surface area (Å²) in [5.41, 5.74) is 6.29. The fourth-order valence-corrected chi connectivity index (χ4v) is 1.31. The molecule has 0 saturated heterocycles. The second-order valence-electron chi connectivity index (χ2n) is 3.65. The number of ether oxygens (including phenoxy) is 1. The summed E-state index contributed by atoms with van der Waals surface area (Å²) in [6.45, 7) is 3.89. The molecule has 1 atom stereocenters. The summed E-state index contributed by atoms with van der Waals surface area (Å²) in [4.78, 5) is 0. The van der Waals surface area contributed by atoms with Crippen LogP contribution < -0.4 is 10.5 Å². The lowest BCUT2D eigenvalue weighted by atomic mass is 9.90. The first kappa shape index (κ1) is 10.9. The third-order valence-electron chi connectivity index (χ3n) is 2.55. The molecule has 0 amide bonds. The zero-order chi connectivity index (χ0) is 10.8. The zero-order valence-electron chi connectivity index (χ0n) is 8.87. The highest BCUT2D eigenvalue weighted by Gasteiger charge is 2.22. The summed E-state index contributed by atoms with van der Waals surface area (Å²) >= 11 is 0. The van der Waals surface area contributed by atoms with Crippen molar-refractivity contribution < 1.29 is 9.84 Å². The summed E-state index contributed by atoms with van der Waals surface area (Å²) < 4.78 is 5.00. The highest BCUT2D eigenvalue weighted by Crippen LogP contribution is 2.32. The Morgan fingerprint density at radius 1 is 1.50 bits per heavy atom. The molecule has 14 heavy (non-hydrogen) atoms. The van der Waals surface area contributed by atoms with Gasteiger partial charge in [0.05, 0.1) is 7.11 Å². The molecule has 0 bridgehead atoms. The van der Waals surface area contributed by atoms with Crippen molar-refractivity contribution in [3.05, 3.63) is 23.8 Å². The van der Waals surface area contributed by atoms with Crippen LogP contribution in [0.5, 0.6) is 11.5 Å². The SMILES string of the molecule is CC[C@@](C)(N)c1ccc(OC)cc1O. The van der Waals surface area contributed by atoms with Gasteiger partial charge in [-0.2, -0.15) is 0 Å². The molecular weight excluding hydrogens is 178 g/mol. The number of hydrogen-bond donors (Lipinski definition) is 2. The summed E-state index contributed by atoms with van der Waals surface area (Å²) in [7, 11) is 1.57. The van der Waals surface area contributed by atoms with Crippen molar-refractivity contribution in [1.29, 1.82) is 0 Å². The van der Waals surface area contributed by atoms with E-state index in [-0.39, 0.29) is 5.75 Å². The highest BCUT2D eigenvalue weighted by atomic mass is 16.5. The Hall–Kier alpha value is -1.22. The summed E-state index contributed by atoms with van der Waals surface area (Å²) in [5, 5.41) is 9.73. The monoisotopic (exact) mass is 195 g/mol. The van der Waals surface area contributed by atoms with E-state index in [2.05, 4.69) is 0 Å². The van der Waals surface area contributed by atoms with Crippen LogP contribution in [0.4, 0.5) is 0 Å². The van der Waals surface area contributed by atoms with Crippen LogP contribution >= 0.6 is 0 Å². The van der Waals surface area contributed by atoms with Gasteiger partial charge in [0.1, 0.15) is 11.5 Å². The number of aromatic hydroxyl groups is 1. The molecule has 3 nitrogen and oxygen atoms in total. The van der Waals surface area contributed by atoms with Crippen LogP contribution in [0.25, 0.3) is 0 Å². The first-order valence-electron chi connectivity index (χ1n) is 4.67. The Labute approximate surface area is 84.5 Å². The maximum atomic E-state index is 9.73. The first-order valence-corrected chi connectivity index (χ1v) is 4.67. The molecule has 0 aliphatic carbocycles. The van der Waals surface area contributed by atoms with Crippen LogP contribution in [0.1, 0.15) is 25.8 Å². The van der Waals surface area contributed by atoms with Gasteiger partial charge in [-0.3, -0.25) is 0 Å². The van der Waals surface area contributed by atoms with E-state index in [1.807, 2.05) is 13.8 Å². The number of nitrogens with two attached hydrogens (primary N) is 1. The summed E-state index contributed by atoms with van der Waals surface area (Å²) in [6.07, 6.45) is 0.771. The molecule has 0 aliphatic heterocycles. The molecule has 0 radical (unpaired) electrons. The fourth-order valence-electron chi connectivity index (χ4n) is 1.31. The van der Waals surface area contributed by atoms with E-state index in [0.717, 1.165) is 12.0 Å². The van der Waals surface area contributed by atoms with Gasteiger partial charge in [-0.1, -0.05) is 6.92 Å². The number of hydrogen-bond acceptors (Lipinski definition) is 3. The van der Waals surface area contributed by atoms with Crippen LogP contribution in [0, 0.1) is 0 Å². The molecule has 0 unspecified atom stereocenters. The normalized spacial score (nSPS) is 14.9. The lowest BCUT2D eigenvalue weighted by Crippen LogP contribution is -2.31.